The molecule has 160 valence electrons. The summed E-state index contributed by atoms with van der Waals surface area (Å²) >= 11 is 0. The molecule has 0 spiro atoms. The van der Waals surface area contributed by atoms with Crippen LogP contribution in [0.1, 0.15) is 30.9 Å². The lowest BCUT2D eigenvalue weighted by molar-refractivity contribution is -0.137. The summed E-state index contributed by atoms with van der Waals surface area (Å²) < 4.78 is 40.6. The molecule has 0 aliphatic carbocycles. The first-order chi connectivity index (χ1) is 14.9. The number of nitrogens with one attached hydrogen (secondary N) is 1. The van der Waals surface area contributed by atoms with Gasteiger partial charge in [-0.2, -0.15) is 33.6 Å². The van der Waals surface area contributed by atoms with Crippen molar-refractivity contribution in [1.29, 1.82) is 0 Å². The maximum atomic E-state index is 13.8. The van der Waals surface area contributed by atoms with E-state index in [0.29, 0.717) is 54.0 Å². The van der Waals surface area contributed by atoms with Crippen LogP contribution >= 0.6 is 0 Å². The van der Waals surface area contributed by atoms with E-state index in [4.69, 9.17) is 0 Å². The van der Waals surface area contributed by atoms with E-state index < -0.39 is 23.3 Å². The largest absolute Gasteiger partial charge is 0.416 e. The Morgan fingerprint density at radius 1 is 1.26 bits per heavy atom. The van der Waals surface area contributed by atoms with Gasteiger partial charge >= 0.3 is 6.18 Å². The first-order valence-corrected chi connectivity index (χ1v) is 10.0. The second-order valence-electron chi connectivity index (χ2n) is 7.80. The van der Waals surface area contributed by atoms with Gasteiger partial charge in [0, 0.05) is 24.2 Å². The second-order valence-corrected chi connectivity index (χ2v) is 7.80. The van der Waals surface area contributed by atoms with E-state index in [2.05, 4.69) is 25.8 Å². The SMILES string of the molecule is CCC1(c2cccc(C(F)(F)F)c2)C2=CN=NC2NC2=C1C(=O)N(C1=CN=NC1)CC2. The van der Waals surface area contributed by atoms with E-state index in [1.165, 1.54) is 6.07 Å². The number of halogens is 3. The summed E-state index contributed by atoms with van der Waals surface area (Å²) in [5.41, 5.74) is 1.10. The van der Waals surface area contributed by atoms with Crippen LogP contribution in [0.15, 0.2) is 79.7 Å². The molecule has 0 bridgehead atoms. The molecule has 10 heteroatoms. The van der Waals surface area contributed by atoms with Crippen molar-refractivity contribution in [2.24, 2.45) is 20.5 Å². The summed E-state index contributed by atoms with van der Waals surface area (Å²) in [5.74, 6) is -0.252. The number of azo groups is 2. The number of carbonyl (C=O) groups excluding carboxylic acids is 1. The summed E-state index contributed by atoms with van der Waals surface area (Å²) in [4.78, 5) is 15.4. The minimum absolute atomic E-state index is 0.252. The molecule has 0 fully saturated rings. The van der Waals surface area contributed by atoms with Crippen LogP contribution in [0.3, 0.4) is 0 Å². The highest BCUT2D eigenvalue weighted by Gasteiger charge is 2.53. The fourth-order valence-electron chi connectivity index (χ4n) is 4.90. The monoisotopic (exact) mass is 428 g/mol. The number of alkyl halides is 3. The third-order valence-corrected chi connectivity index (χ3v) is 6.33. The molecule has 1 aromatic rings. The average molecular weight is 428 g/mol. The zero-order valence-corrected chi connectivity index (χ0v) is 16.6. The number of benzene rings is 1. The molecule has 1 N–H and O–H groups in total. The van der Waals surface area contributed by atoms with Crippen molar-refractivity contribution in [1.82, 2.24) is 10.2 Å². The standard InChI is InChI=1S/C21H19F3N6O/c1-2-20(12-4-3-5-13(8-12)21(22,23)24)15-11-27-29-18(15)28-16-6-7-30(19(31)17(16)20)14-9-25-26-10-14/h3-5,8-9,11,18,28H,2,6-7,10H2,1H3. The van der Waals surface area contributed by atoms with Gasteiger partial charge in [-0.05, 0) is 18.1 Å². The fourth-order valence-corrected chi connectivity index (χ4v) is 4.90. The van der Waals surface area contributed by atoms with Crippen LogP contribution in [0.4, 0.5) is 13.2 Å². The summed E-state index contributed by atoms with van der Waals surface area (Å²) in [5, 5.41) is 19.3. The summed E-state index contributed by atoms with van der Waals surface area (Å²) in [7, 11) is 0. The Balaban J connectivity index is 1.71. The minimum Gasteiger partial charge on any atom is -0.362 e. The number of hydrogen-bond donors (Lipinski definition) is 1. The molecule has 4 aliphatic rings. The van der Waals surface area contributed by atoms with E-state index in [1.54, 1.807) is 23.4 Å². The zero-order chi connectivity index (χ0) is 21.8. The Labute approximate surface area is 176 Å². The van der Waals surface area contributed by atoms with Crippen molar-refractivity contribution in [3.05, 3.63) is 70.3 Å². The maximum absolute atomic E-state index is 13.8. The molecule has 2 atom stereocenters. The Hall–Kier alpha value is -3.30. The third kappa shape index (κ3) is 2.84. The van der Waals surface area contributed by atoms with Gasteiger partial charge in [-0.25, -0.2) is 0 Å². The summed E-state index contributed by atoms with van der Waals surface area (Å²) in [6.07, 6.45) is -0.957. The molecule has 0 radical (unpaired) electrons. The molecule has 1 amide bonds. The Bertz CT molecular complexity index is 1120. The van der Waals surface area contributed by atoms with Crippen molar-refractivity contribution < 1.29 is 18.0 Å². The van der Waals surface area contributed by atoms with Crippen LogP contribution in [0, 0.1) is 0 Å². The fraction of sp³-hybridized carbons (Fsp3) is 0.381. The van der Waals surface area contributed by atoms with E-state index in [1.807, 2.05) is 6.92 Å². The predicted octanol–water partition coefficient (Wildman–Crippen LogP) is 4.43. The number of amides is 1. The van der Waals surface area contributed by atoms with Gasteiger partial charge < -0.3 is 10.2 Å². The van der Waals surface area contributed by atoms with Gasteiger partial charge in [0.05, 0.1) is 34.6 Å². The van der Waals surface area contributed by atoms with Gasteiger partial charge in [0.25, 0.3) is 5.91 Å². The van der Waals surface area contributed by atoms with Gasteiger partial charge in [-0.15, -0.1) is 0 Å². The van der Waals surface area contributed by atoms with Crippen LogP contribution in [0.25, 0.3) is 0 Å². The molecule has 0 saturated carbocycles. The number of carbonyl (C=O) groups is 1. The van der Waals surface area contributed by atoms with Crippen molar-refractivity contribution in [3.8, 4) is 0 Å². The molecule has 4 heterocycles. The number of hydrogen-bond acceptors (Lipinski definition) is 6. The quantitative estimate of drug-likeness (QED) is 0.773. The Kier molecular flexibility index (Phi) is 4.35. The lowest BCUT2D eigenvalue weighted by atomic mass is 9.62. The van der Waals surface area contributed by atoms with E-state index in [-0.39, 0.29) is 5.91 Å². The molecule has 5 rings (SSSR count). The second kappa shape index (κ2) is 6.86. The van der Waals surface area contributed by atoms with Gasteiger partial charge in [0.15, 0.2) is 6.17 Å². The van der Waals surface area contributed by atoms with Crippen LogP contribution in [-0.2, 0) is 16.4 Å². The van der Waals surface area contributed by atoms with Crippen molar-refractivity contribution in [2.45, 2.75) is 37.5 Å². The Morgan fingerprint density at radius 3 is 2.81 bits per heavy atom. The third-order valence-electron chi connectivity index (χ3n) is 6.33. The van der Waals surface area contributed by atoms with Gasteiger partial charge in [0.1, 0.15) is 6.54 Å². The molecule has 31 heavy (non-hydrogen) atoms. The molecule has 2 unspecified atom stereocenters. The predicted molar refractivity (Wildman–Crippen MR) is 104 cm³/mol. The Morgan fingerprint density at radius 2 is 2.10 bits per heavy atom. The summed E-state index contributed by atoms with van der Waals surface area (Å²) in [6, 6.07) is 5.22. The van der Waals surface area contributed by atoms with E-state index >= 15 is 0 Å². The molecule has 1 aromatic carbocycles. The zero-order valence-electron chi connectivity index (χ0n) is 16.6. The van der Waals surface area contributed by atoms with Gasteiger partial charge in [-0.1, -0.05) is 25.1 Å². The van der Waals surface area contributed by atoms with Gasteiger partial charge in [-0.3, -0.25) is 4.79 Å². The molecule has 0 aromatic heterocycles. The normalized spacial score (nSPS) is 27.2. The van der Waals surface area contributed by atoms with Crippen molar-refractivity contribution >= 4 is 5.91 Å². The van der Waals surface area contributed by atoms with E-state index in [9.17, 15) is 18.0 Å². The summed E-state index contributed by atoms with van der Waals surface area (Å²) in [6.45, 7) is 2.62. The van der Waals surface area contributed by atoms with Crippen LogP contribution in [0.5, 0.6) is 0 Å². The van der Waals surface area contributed by atoms with Crippen LogP contribution in [0.2, 0.25) is 0 Å². The van der Waals surface area contributed by atoms with Gasteiger partial charge in [0.2, 0.25) is 0 Å². The highest BCUT2D eigenvalue weighted by molar-refractivity contribution is 6.00. The molecular formula is C21H19F3N6O. The average Bonchev–Trinajstić information content (AvgIpc) is 3.44. The van der Waals surface area contributed by atoms with Crippen LogP contribution in [-0.4, -0.2) is 30.1 Å². The first kappa shape index (κ1) is 19.7. The first-order valence-electron chi connectivity index (χ1n) is 10.0. The molecule has 7 nitrogen and oxygen atoms in total. The molecule has 4 aliphatic heterocycles. The minimum atomic E-state index is -4.49. The topological polar surface area (TPSA) is 81.8 Å². The van der Waals surface area contributed by atoms with Crippen molar-refractivity contribution in [2.75, 3.05) is 13.1 Å². The lowest BCUT2D eigenvalue weighted by Gasteiger charge is -2.47. The molecular weight excluding hydrogens is 409 g/mol. The van der Waals surface area contributed by atoms with Crippen molar-refractivity contribution in [3.63, 3.8) is 0 Å². The van der Waals surface area contributed by atoms with E-state index in [0.717, 1.165) is 12.1 Å². The number of rotatable bonds is 3. The highest BCUT2D eigenvalue weighted by Crippen LogP contribution is 2.51. The number of fused-ring (bicyclic) bond motifs is 1. The number of nitrogens with zero attached hydrogens (tertiary/aromatic N) is 5. The molecule has 0 saturated heterocycles. The highest BCUT2D eigenvalue weighted by atomic mass is 19.4. The lowest BCUT2D eigenvalue weighted by Crippen LogP contribution is -2.54. The van der Waals surface area contributed by atoms with Crippen LogP contribution < -0.4 is 5.32 Å². The smallest absolute Gasteiger partial charge is 0.362 e. The maximum Gasteiger partial charge on any atom is 0.416 e.